The smallest absolute Gasteiger partial charge is 0.410 e. The number of pyridine rings is 1. The van der Waals surface area contributed by atoms with Gasteiger partial charge in [-0.05, 0) is 75.2 Å². The van der Waals surface area contributed by atoms with Gasteiger partial charge >= 0.3 is 6.09 Å². The molecule has 1 amide bonds. The lowest BCUT2D eigenvalue weighted by Gasteiger charge is -2.45. The highest BCUT2D eigenvalue weighted by Crippen LogP contribution is 2.40. The summed E-state index contributed by atoms with van der Waals surface area (Å²) in [7, 11) is -1.95. The van der Waals surface area contributed by atoms with Crippen molar-refractivity contribution in [2.24, 2.45) is 0 Å². The van der Waals surface area contributed by atoms with Crippen LogP contribution in [0.2, 0.25) is 18.1 Å². The number of benzene rings is 1. The number of aromatic nitrogens is 1. The second kappa shape index (κ2) is 9.95. The Morgan fingerprint density at radius 2 is 1.91 bits per heavy atom. The maximum absolute atomic E-state index is 13.1. The Kier molecular flexibility index (Phi) is 7.80. The number of carbonyl (C=O) groups is 1. The number of hydrogen-bond donors (Lipinski definition) is 1. The van der Waals surface area contributed by atoms with Crippen molar-refractivity contribution in [2.45, 2.75) is 103 Å². The third-order valence-electron chi connectivity index (χ3n) is 7.13. The number of piperidine rings is 1. The highest BCUT2D eigenvalue weighted by Gasteiger charge is 2.42. The van der Waals surface area contributed by atoms with Crippen LogP contribution in [0, 0.1) is 0 Å². The molecule has 1 fully saturated rings. The van der Waals surface area contributed by atoms with Crippen molar-refractivity contribution in [2.75, 3.05) is 6.54 Å². The van der Waals surface area contributed by atoms with E-state index < -0.39 is 20.0 Å². The van der Waals surface area contributed by atoms with E-state index in [2.05, 4.69) is 38.8 Å². The molecular formula is C27H42N2O4Si. The van der Waals surface area contributed by atoms with Gasteiger partial charge in [0.1, 0.15) is 5.60 Å². The lowest BCUT2D eigenvalue weighted by atomic mass is 9.91. The number of fused-ring (bicyclic) bond motifs is 1. The molecule has 0 saturated carbocycles. The van der Waals surface area contributed by atoms with E-state index in [0.29, 0.717) is 19.4 Å². The Morgan fingerprint density at radius 1 is 1.21 bits per heavy atom. The van der Waals surface area contributed by atoms with Crippen LogP contribution in [0.3, 0.4) is 0 Å². The molecule has 7 heteroatoms. The fourth-order valence-corrected chi connectivity index (χ4v) is 5.71. The van der Waals surface area contributed by atoms with Gasteiger partial charge in [-0.2, -0.15) is 0 Å². The van der Waals surface area contributed by atoms with E-state index >= 15 is 0 Å². The topological polar surface area (TPSA) is 71.9 Å². The minimum atomic E-state index is -1.95. The molecule has 0 aliphatic carbocycles. The van der Waals surface area contributed by atoms with Crippen LogP contribution < -0.4 is 0 Å². The lowest BCUT2D eigenvalue weighted by molar-refractivity contribution is -0.0152. The van der Waals surface area contributed by atoms with E-state index in [-0.39, 0.29) is 23.3 Å². The summed E-state index contributed by atoms with van der Waals surface area (Å²) in [4.78, 5) is 19.1. The molecule has 6 nitrogen and oxygen atoms in total. The molecule has 1 aliphatic heterocycles. The number of likely N-dealkylation sites (tertiary alicyclic amines) is 1. The molecule has 1 aromatic carbocycles. The second-order valence-corrected chi connectivity index (χ2v) is 16.8. The Balaban J connectivity index is 1.84. The molecule has 2 heterocycles. The molecule has 188 valence electrons. The first-order chi connectivity index (χ1) is 15.7. The molecule has 1 N–H and O–H groups in total. The van der Waals surface area contributed by atoms with Gasteiger partial charge in [0.05, 0.1) is 6.10 Å². The molecule has 3 rings (SSSR count). The molecular weight excluding hydrogens is 444 g/mol. The van der Waals surface area contributed by atoms with Gasteiger partial charge in [0.15, 0.2) is 8.32 Å². The van der Waals surface area contributed by atoms with Crippen molar-refractivity contribution in [1.29, 1.82) is 0 Å². The van der Waals surface area contributed by atoms with E-state index in [0.717, 1.165) is 22.8 Å². The molecule has 0 radical (unpaired) electrons. The van der Waals surface area contributed by atoms with Gasteiger partial charge < -0.3 is 19.2 Å². The predicted molar refractivity (Wildman–Crippen MR) is 139 cm³/mol. The van der Waals surface area contributed by atoms with E-state index in [1.165, 1.54) is 0 Å². The molecule has 0 bridgehead atoms. The van der Waals surface area contributed by atoms with Gasteiger partial charge in [-0.1, -0.05) is 39.0 Å². The van der Waals surface area contributed by atoms with Gasteiger partial charge in [0, 0.05) is 36.5 Å². The zero-order chi connectivity index (χ0) is 25.3. The van der Waals surface area contributed by atoms with Crippen LogP contribution in [-0.4, -0.2) is 53.7 Å². The number of carbonyl (C=O) groups excluding carboxylic acids is 1. The number of rotatable bonds is 5. The van der Waals surface area contributed by atoms with E-state index in [4.69, 9.17) is 9.16 Å². The summed E-state index contributed by atoms with van der Waals surface area (Å²) in [6.45, 7) is 17.4. The lowest BCUT2D eigenvalue weighted by Crippen LogP contribution is -2.53. The third-order valence-corrected chi connectivity index (χ3v) is 11.7. The first kappa shape index (κ1) is 26.6. The summed E-state index contributed by atoms with van der Waals surface area (Å²) < 4.78 is 12.4. The van der Waals surface area contributed by atoms with Crippen molar-refractivity contribution < 1.29 is 19.1 Å². The molecule has 3 atom stereocenters. The quantitative estimate of drug-likeness (QED) is 0.492. The zero-order valence-corrected chi connectivity index (χ0v) is 23.1. The van der Waals surface area contributed by atoms with Crippen molar-refractivity contribution in [3.05, 3.63) is 42.2 Å². The molecule has 34 heavy (non-hydrogen) atoms. The summed E-state index contributed by atoms with van der Waals surface area (Å²) in [6, 6.07) is 7.68. The number of amides is 1. The van der Waals surface area contributed by atoms with Gasteiger partial charge in [-0.25, -0.2) is 4.79 Å². The number of hydrogen-bond acceptors (Lipinski definition) is 5. The van der Waals surface area contributed by atoms with Gasteiger partial charge in [-0.15, -0.1) is 0 Å². The SMILES string of the molecule is CC(C)(C)OC(=O)N1CC[C@H](O[Si](C)(C)C(C)(C)C)C[C@@H]1C[C@@H](O)c1cccc2ccncc12. The van der Waals surface area contributed by atoms with Crippen molar-refractivity contribution in [1.82, 2.24) is 9.88 Å². The van der Waals surface area contributed by atoms with Crippen molar-refractivity contribution >= 4 is 25.2 Å². The minimum absolute atomic E-state index is 0.0611. The second-order valence-electron chi connectivity index (χ2n) is 12.0. The molecule has 2 aromatic rings. The number of ether oxygens (including phenoxy) is 1. The number of aliphatic hydroxyl groups is 1. The van der Waals surface area contributed by atoms with E-state index in [9.17, 15) is 9.90 Å². The van der Waals surface area contributed by atoms with Gasteiger partial charge in [0.25, 0.3) is 0 Å². The average molecular weight is 487 g/mol. The minimum Gasteiger partial charge on any atom is -0.444 e. The zero-order valence-electron chi connectivity index (χ0n) is 22.1. The standard InChI is InChI=1S/C27H42N2O4Si/c1-26(2,3)32-25(31)29-15-13-21(33-34(7,8)27(4,5)6)16-20(29)17-24(30)22-11-9-10-19-12-14-28-18-23(19)22/h9-12,14,18,20-21,24,30H,13,15-17H2,1-8H3/t20-,21+,24-/m1/s1. The van der Waals surface area contributed by atoms with Crippen LogP contribution in [-0.2, 0) is 9.16 Å². The van der Waals surface area contributed by atoms with Gasteiger partial charge in [-0.3, -0.25) is 4.98 Å². The van der Waals surface area contributed by atoms with Gasteiger partial charge in [0.2, 0.25) is 0 Å². The summed E-state index contributed by atoms with van der Waals surface area (Å²) in [5.41, 5.74) is 0.262. The molecule has 1 aromatic heterocycles. The third kappa shape index (κ3) is 6.37. The maximum Gasteiger partial charge on any atom is 0.410 e. The van der Waals surface area contributed by atoms with Crippen LogP contribution in [0.1, 0.15) is 72.5 Å². The average Bonchev–Trinajstić information content (AvgIpc) is 2.71. The van der Waals surface area contributed by atoms with Crippen LogP contribution in [0.25, 0.3) is 10.8 Å². The van der Waals surface area contributed by atoms with Crippen LogP contribution in [0.15, 0.2) is 36.7 Å². The molecule has 0 spiro atoms. The van der Waals surface area contributed by atoms with Crippen molar-refractivity contribution in [3.8, 4) is 0 Å². The largest absolute Gasteiger partial charge is 0.444 e. The molecule has 1 aliphatic rings. The highest BCUT2D eigenvalue weighted by molar-refractivity contribution is 6.74. The Hall–Kier alpha value is -1.96. The van der Waals surface area contributed by atoms with Crippen molar-refractivity contribution in [3.63, 3.8) is 0 Å². The first-order valence-corrected chi connectivity index (χ1v) is 15.3. The Bertz CT molecular complexity index is 991. The van der Waals surface area contributed by atoms with Crippen LogP contribution in [0.4, 0.5) is 4.79 Å². The summed E-state index contributed by atoms with van der Waals surface area (Å²) in [5, 5.41) is 13.4. The monoisotopic (exact) mass is 486 g/mol. The van der Waals surface area contributed by atoms with Crippen LogP contribution >= 0.6 is 0 Å². The van der Waals surface area contributed by atoms with E-state index in [1.807, 2.05) is 45.0 Å². The predicted octanol–water partition coefficient (Wildman–Crippen LogP) is 6.45. The maximum atomic E-state index is 13.1. The molecule has 1 saturated heterocycles. The number of aliphatic hydroxyl groups excluding tert-OH is 1. The Morgan fingerprint density at radius 3 is 2.56 bits per heavy atom. The highest BCUT2D eigenvalue weighted by atomic mass is 28.4. The fourth-order valence-electron chi connectivity index (χ4n) is 4.31. The summed E-state index contributed by atoms with van der Waals surface area (Å²) >= 11 is 0. The summed E-state index contributed by atoms with van der Waals surface area (Å²) in [6.07, 6.45) is 4.44. The first-order valence-electron chi connectivity index (χ1n) is 12.4. The van der Waals surface area contributed by atoms with Crippen LogP contribution in [0.5, 0.6) is 0 Å². The molecule has 0 unspecified atom stereocenters. The number of nitrogens with zero attached hydrogens (tertiary/aromatic N) is 2. The van der Waals surface area contributed by atoms with E-state index in [1.54, 1.807) is 17.3 Å². The fraction of sp³-hybridized carbons (Fsp3) is 0.630. The summed E-state index contributed by atoms with van der Waals surface area (Å²) in [5.74, 6) is 0. The normalized spacial score (nSPS) is 20.9. The Labute approximate surface area is 205 Å².